The van der Waals surface area contributed by atoms with Crippen LogP contribution in [0.4, 0.5) is 14.4 Å². The number of rotatable bonds is 13. The quantitative estimate of drug-likeness (QED) is 0.182. The smallest absolute Gasteiger partial charge is 0.461 e. The van der Waals surface area contributed by atoms with Crippen molar-refractivity contribution in [2.45, 2.75) is 111 Å². The second kappa shape index (κ2) is 15.3. The molecule has 12 nitrogen and oxygen atoms in total. The number of carbonyl (C=O) groups excluding carboxylic acids is 4. The van der Waals surface area contributed by atoms with E-state index < -0.39 is 47.8 Å². The topological polar surface area (TPSA) is 159 Å². The first kappa shape index (κ1) is 34.5. The molecule has 0 bridgehead atoms. The molecule has 0 aromatic heterocycles. The lowest BCUT2D eigenvalue weighted by atomic mass is 10.1. The minimum Gasteiger partial charge on any atom is -0.461 e. The van der Waals surface area contributed by atoms with Crippen LogP contribution < -0.4 is 15.2 Å². The molecular weight excluding hydrogens is 526 g/mol. The van der Waals surface area contributed by atoms with E-state index in [2.05, 4.69) is 0 Å². The van der Waals surface area contributed by atoms with Gasteiger partial charge in [0.15, 0.2) is 11.5 Å². The van der Waals surface area contributed by atoms with Gasteiger partial charge in [-0.15, -0.1) is 0 Å². The molecule has 2 N–H and O–H groups in total. The second-order valence-electron chi connectivity index (χ2n) is 10.7. The number of esters is 1. The van der Waals surface area contributed by atoms with Crippen LogP contribution in [-0.4, -0.2) is 60.5 Å². The highest BCUT2D eigenvalue weighted by Crippen LogP contribution is 2.31. The van der Waals surface area contributed by atoms with Gasteiger partial charge in [-0.2, -0.15) is 0 Å². The predicted molar refractivity (Wildman–Crippen MR) is 144 cm³/mol. The molecule has 40 heavy (non-hydrogen) atoms. The normalized spacial score (nSPS) is 13.1. The van der Waals surface area contributed by atoms with Crippen LogP contribution in [0.25, 0.3) is 0 Å². The summed E-state index contributed by atoms with van der Waals surface area (Å²) in [5.74, 6) is -0.973. The lowest BCUT2D eigenvalue weighted by molar-refractivity contribution is -0.148. The van der Waals surface area contributed by atoms with Crippen LogP contribution in [-0.2, 0) is 34.9 Å². The van der Waals surface area contributed by atoms with Crippen LogP contribution in [0.5, 0.6) is 11.5 Å². The molecule has 0 saturated carbocycles. The highest BCUT2D eigenvalue weighted by Gasteiger charge is 2.27. The first-order valence-electron chi connectivity index (χ1n) is 13.2. The van der Waals surface area contributed by atoms with E-state index in [0.717, 1.165) is 0 Å². The summed E-state index contributed by atoms with van der Waals surface area (Å²) in [7, 11) is 0. The fourth-order valence-corrected chi connectivity index (χ4v) is 2.72. The highest BCUT2D eigenvalue weighted by atomic mass is 16.8. The van der Waals surface area contributed by atoms with Gasteiger partial charge in [0.2, 0.25) is 0 Å². The third-order valence-corrected chi connectivity index (χ3v) is 5.66. The van der Waals surface area contributed by atoms with Crippen molar-refractivity contribution in [2.75, 3.05) is 6.61 Å². The lowest BCUT2D eigenvalue weighted by Crippen LogP contribution is -2.36. The van der Waals surface area contributed by atoms with Crippen molar-refractivity contribution in [1.82, 2.24) is 0 Å². The zero-order valence-electron chi connectivity index (χ0n) is 24.9. The third kappa shape index (κ3) is 13.0. The third-order valence-electron chi connectivity index (χ3n) is 5.66. The number of carbonyl (C=O) groups is 4. The molecular formula is C28H43NO11. The number of benzene rings is 1. The van der Waals surface area contributed by atoms with Gasteiger partial charge in [-0.25, -0.2) is 14.4 Å². The van der Waals surface area contributed by atoms with Crippen molar-refractivity contribution in [1.29, 1.82) is 0 Å². The molecule has 1 rings (SSSR count). The summed E-state index contributed by atoms with van der Waals surface area (Å²) in [6.45, 7) is 15.2. The summed E-state index contributed by atoms with van der Waals surface area (Å²) < 4.78 is 36.3. The molecule has 0 aliphatic carbocycles. The van der Waals surface area contributed by atoms with Crippen LogP contribution in [0.3, 0.4) is 0 Å². The molecule has 0 heterocycles. The van der Waals surface area contributed by atoms with Crippen molar-refractivity contribution in [3.63, 3.8) is 0 Å². The van der Waals surface area contributed by atoms with Crippen LogP contribution in [0.15, 0.2) is 18.2 Å². The average Bonchev–Trinajstić information content (AvgIpc) is 2.82. The van der Waals surface area contributed by atoms with Crippen molar-refractivity contribution in [3.8, 4) is 11.5 Å². The van der Waals surface area contributed by atoms with Gasteiger partial charge in [0.05, 0.1) is 6.10 Å². The summed E-state index contributed by atoms with van der Waals surface area (Å²) in [4.78, 5) is 48.8. The summed E-state index contributed by atoms with van der Waals surface area (Å²) in [5.41, 5.74) is 4.92. The molecule has 0 aliphatic rings. The molecule has 0 saturated heterocycles. The monoisotopic (exact) mass is 569 g/mol. The molecule has 0 aliphatic heterocycles. The van der Waals surface area contributed by atoms with Gasteiger partial charge in [0, 0.05) is 0 Å². The largest absolute Gasteiger partial charge is 0.514 e. The molecule has 0 spiro atoms. The summed E-state index contributed by atoms with van der Waals surface area (Å²) in [6.07, 6.45) is -2.91. The van der Waals surface area contributed by atoms with Gasteiger partial charge in [0.25, 0.3) is 0 Å². The van der Waals surface area contributed by atoms with Gasteiger partial charge in [0.1, 0.15) is 30.0 Å². The van der Waals surface area contributed by atoms with E-state index in [1.165, 1.54) is 19.1 Å². The summed E-state index contributed by atoms with van der Waals surface area (Å²) in [6, 6.07) is 3.23. The maximum absolute atomic E-state index is 12.5. The SMILES string of the molecule is CCC(C)(C)OC(=O)Oc1ccc(C[C@H](N)C(=O)OC[C@H](C)OC(=O)OC(C)C)cc1OC(=O)OC(C)(C)CC. The number of nitrogens with two attached hydrogens (primary N) is 1. The predicted octanol–water partition coefficient (Wildman–Crippen LogP) is 5.46. The van der Waals surface area contributed by atoms with E-state index >= 15 is 0 Å². The van der Waals surface area contributed by atoms with Crippen molar-refractivity contribution in [2.24, 2.45) is 5.73 Å². The number of hydrogen-bond acceptors (Lipinski definition) is 12. The Kier molecular flexibility index (Phi) is 13.2. The van der Waals surface area contributed by atoms with Crippen LogP contribution in [0.2, 0.25) is 0 Å². The molecule has 0 unspecified atom stereocenters. The maximum Gasteiger partial charge on any atom is 0.514 e. The van der Waals surface area contributed by atoms with Gasteiger partial charge in [-0.3, -0.25) is 4.79 Å². The average molecular weight is 570 g/mol. The zero-order valence-corrected chi connectivity index (χ0v) is 24.9. The van der Waals surface area contributed by atoms with Gasteiger partial charge in [-0.05, 0) is 85.4 Å². The fraction of sp³-hybridized carbons (Fsp3) is 0.643. The van der Waals surface area contributed by atoms with E-state index in [0.29, 0.717) is 18.4 Å². The van der Waals surface area contributed by atoms with Crippen LogP contribution >= 0.6 is 0 Å². The van der Waals surface area contributed by atoms with E-state index in [9.17, 15) is 19.2 Å². The van der Waals surface area contributed by atoms with Crippen LogP contribution in [0, 0.1) is 0 Å². The Morgan fingerprint density at radius 1 is 0.800 bits per heavy atom. The first-order valence-corrected chi connectivity index (χ1v) is 13.2. The Bertz CT molecular complexity index is 1020. The second-order valence-corrected chi connectivity index (χ2v) is 10.7. The van der Waals surface area contributed by atoms with Crippen molar-refractivity contribution in [3.05, 3.63) is 23.8 Å². The van der Waals surface area contributed by atoms with E-state index in [-0.39, 0.29) is 30.6 Å². The molecule has 1 aromatic rings. The van der Waals surface area contributed by atoms with Crippen LogP contribution in [0.1, 0.15) is 80.7 Å². The van der Waals surface area contributed by atoms with Gasteiger partial charge in [-0.1, -0.05) is 19.9 Å². The Hall–Kier alpha value is -3.54. The summed E-state index contributed by atoms with van der Waals surface area (Å²) >= 11 is 0. The minimum atomic E-state index is -1.10. The number of hydrogen-bond donors (Lipinski definition) is 1. The highest BCUT2D eigenvalue weighted by molar-refractivity contribution is 5.76. The fourth-order valence-electron chi connectivity index (χ4n) is 2.72. The number of ether oxygens (including phenoxy) is 7. The Morgan fingerprint density at radius 3 is 1.82 bits per heavy atom. The van der Waals surface area contributed by atoms with E-state index in [4.69, 9.17) is 38.9 Å². The zero-order chi connectivity index (χ0) is 30.7. The molecule has 2 atom stereocenters. The first-order chi connectivity index (χ1) is 18.5. The van der Waals surface area contributed by atoms with Gasteiger partial charge >= 0.3 is 24.4 Å². The Balaban J connectivity index is 2.97. The Labute approximate surface area is 235 Å². The lowest BCUT2D eigenvalue weighted by Gasteiger charge is -2.24. The minimum absolute atomic E-state index is 0.0110. The molecule has 226 valence electrons. The molecule has 0 fully saturated rings. The van der Waals surface area contributed by atoms with E-state index in [1.807, 2.05) is 13.8 Å². The summed E-state index contributed by atoms with van der Waals surface area (Å²) in [5, 5.41) is 0. The van der Waals surface area contributed by atoms with Crippen molar-refractivity contribution < 1.29 is 52.3 Å². The Morgan fingerprint density at radius 2 is 1.32 bits per heavy atom. The van der Waals surface area contributed by atoms with E-state index in [1.54, 1.807) is 47.6 Å². The molecule has 1 aromatic carbocycles. The maximum atomic E-state index is 12.5. The van der Waals surface area contributed by atoms with Gasteiger partial charge < -0.3 is 38.9 Å². The molecule has 0 radical (unpaired) electrons. The van der Waals surface area contributed by atoms with Crippen molar-refractivity contribution >= 4 is 24.4 Å². The molecule has 12 heteroatoms. The molecule has 0 amide bonds. The standard InChI is InChI=1S/C28H43NO11/c1-10-27(6,7)39-25(32)37-21-13-12-19(15-22(21)38-26(33)40-28(8,9)11-2)14-20(29)23(30)34-16-18(5)36-24(31)35-17(3)4/h12-13,15,17-18,20H,10-11,14,16,29H2,1-9H3/t18-,20-/m0/s1.